The number of nitrogen functional groups attached to an aromatic ring is 1. The van der Waals surface area contributed by atoms with E-state index in [9.17, 15) is 0 Å². The van der Waals surface area contributed by atoms with Crippen LogP contribution in [-0.2, 0) is 6.54 Å². The zero-order valence-corrected chi connectivity index (χ0v) is 11.7. The van der Waals surface area contributed by atoms with Crippen LogP contribution in [0.4, 0.5) is 0 Å². The molecule has 3 nitrogen and oxygen atoms in total. The molecular formula is C15H25N3. The van der Waals surface area contributed by atoms with Gasteiger partial charge in [0.1, 0.15) is 5.84 Å². The van der Waals surface area contributed by atoms with Crippen LogP contribution >= 0.6 is 0 Å². The van der Waals surface area contributed by atoms with E-state index in [1.54, 1.807) is 0 Å². The summed E-state index contributed by atoms with van der Waals surface area (Å²) in [5.41, 5.74) is 7.52. The summed E-state index contributed by atoms with van der Waals surface area (Å²) in [6.07, 6.45) is 2.51. The van der Waals surface area contributed by atoms with Crippen molar-refractivity contribution in [1.29, 1.82) is 5.41 Å². The van der Waals surface area contributed by atoms with Gasteiger partial charge in [-0.25, -0.2) is 0 Å². The lowest BCUT2D eigenvalue weighted by atomic mass is 10.1. The fourth-order valence-electron chi connectivity index (χ4n) is 2.00. The standard InChI is InChI=1S/C15H25N3/c1-12(2)6-5-9-18(3)11-13-7-4-8-14(10-13)15(16)17/h4,7-8,10,12H,5-6,9,11H2,1-3H3,(H3,16,17). The lowest BCUT2D eigenvalue weighted by Crippen LogP contribution is -2.20. The second kappa shape index (κ2) is 7.17. The molecule has 3 heteroatoms. The average Bonchev–Trinajstić information content (AvgIpc) is 2.28. The van der Waals surface area contributed by atoms with Gasteiger partial charge >= 0.3 is 0 Å². The molecule has 0 unspecified atom stereocenters. The van der Waals surface area contributed by atoms with Gasteiger partial charge in [0.15, 0.2) is 0 Å². The fourth-order valence-corrected chi connectivity index (χ4v) is 2.00. The van der Waals surface area contributed by atoms with Crippen molar-refractivity contribution in [2.75, 3.05) is 13.6 Å². The van der Waals surface area contributed by atoms with Crippen molar-refractivity contribution in [3.63, 3.8) is 0 Å². The molecule has 0 saturated carbocycles. The van der Waals surface area contributed by atoms with Crippen molar-refractivity contribution in [1.82, 2.24) is 4.90 Å². The average molecular weight is 247 g/mol. The van der Waals surface area contributed by atoms with E-state index < -0.39 is 0 Å². The van der Waals surface area contributed by atoms with E-state index in [1.165, 1.54) is 18.4 Å². The van der Waals surface area contributed by atoms with Crippen LogP contribution in [0.5, 0.6) is 0 Å². The molecule has 0 fully saturated rings. The number of nitrogens with one attached hydrogen (secondary N) is 1. The molecule has 0 radical (unpaired) electrons. The highest BCUT2D eigenvalue weighted by atomic mass is 15.1. The van der Waals surface area contributed by atoms with Crippen molar-refractivity contribution < 1.29 is 0 Å². The van der Waals surface area contributed by atoms with Gasteiger partial charge in [-0.3, -0.25) is 5.41 Å². The normalized spacial score (nSPS) is 11.2. The molecule has 0 aromatic heterocycles. The molecule has 0 saturated heterocycles. The highest BCUT2D eigenvalue weighted by Gasteiger charge is 2.03. The largest absolute Gasteiger partial charge is 0.384 e. The van der Waals surface area contributed by atoms with Gasteiger partial charge in [-0.15, -0.1) is 0 Å². The van der Waals surface area contributed by atoms with Crippen molar-refractivity contribution in [2.45, 2.75) is 33.2 Å². The summed E-state index contributed by atoms with van der Waals surface area (Å²) in [6.45, 7) is 6.55. The maximum absolute atomic E-state index is 7.44. The van der Waals surface area contributed by atoms with Crippen LogP contribution < -0.4 is 5.73 Å². The Morgan fingerprint density at radius 3 is 2.72 bits per heavy atom. The SMILES string of the molecule is CC(C)CCCN(C)Cc1cccc(C(=N)N)c1. The predicted octanol–water partition coefficient (Wildman–Crippen LogP) is 2.84. The van der Waals surface area contributed by atoms with Crippen LogP contribution in [0.15, 0.2) is 24.3 Å². The van der Waals surface area contributed by atoms with E-state index >= 15 is 0 Å². The van der Waals surface area contributed by atoms with E-state index in [2.05, 4.69) is 31.9 Å². The third kappa shape index (κ3) is 5.32. The minimum Gasteiger partial charge on any atom is -0.384 e. The van der Waals surface area contributed by atoms with E-state index in [0.29, 0.717) is 0 Å². The minimum absolute atomic E-state index is 0.138. The lowest BCUT2D eigenvalue weighted by molar-refractivity contribution is 0.310. The van der Waals surface area contributed by atoms with Crippen molar-refractivity contribution in [3.8, 4) is 0 Å². The Bertz CT molecular complexity index is 385. The van der Waals surface area contributed by atoms with Gasteiger partial charge in [-0.05, 0) is 44.0 Å². The first kappa shape index (κ1) is 14.7. The number of benzene rings is 1. The highest BCUT2D eigenvalue weighted by molar-refractivity contribution is 5.95. The number of amidine groups is 1. The lowest BCUT2D eigenvalue weighted by Gasteiger charge is -2.17. The van der Waals surface area contributed by atoms with E-state index in [-0.39, 0.29) is 5.84 Å². The predicted molar refractivity (Wildman–Crippen MR) is 77.9 cm³/mol. The second-order valence-corrected chi connectivity index (χ2v) is 5.39. The Kier molecular flexibility index (Phi) is 5.86. The van der Waals surface area contributed by atoms with Gasteiger partial charge < -0.3 is 10.6 Å². The first-order valence-electron chi connectivity index (χ1n) is 6.61. The Morgan fingerprint density at radius 1 is 1.39 bits per heavy atom. The fraction of sp³-hybridized carbons (Fsp3) is 0.533. The van der Waals surface area contributed by atoms with Crippen LogP contribution in [0.3, 0.4) is 0 Å². The van der Waals surface area contributed by atoms with Gasteiger partial charge in [0.2, 0.25) is 0 Å². The van der Waals surface area contributed by atoms with Gasteiger partial charge in [0.25, 0.3) is 0 Å². The van der Waals surface area contributed by atoms with Gasteiger partial charge in [0.05, 0.1) is 0 Å². The molecule has 18 heavy (non-hydrogen) atoms. The molecule has 1 aromatic carbocycles. The summed E-state index contributed by atoms with van der Waals surface area (Å²) in [5, 5.41) is 7.44. The Morgan fingerprint density at radius 2 is 2.11 bits per heavy atom. The summed E-state index contributed by atoms with van der Waals surface area (Å²) in [6, 6.07) is 7.94. The van der Waals surface area contributed by atoms with Crippen LogP contribution in [-0.4, -0.2) is 24.3 Å². The smallest absolute Gasteiger partial charge is 0.122 e. The summed E-state index contributed by atoms with van der Waals surface area (Å²) < 4.78 is 0. The molecule has 0 atom stereocenters. The summed E-state index contributed by atoms with van der Waals surface area (Å²) in [5.74, 6) is 0.916. The molecule has 1 aromatic rings. The molecule has 0 spiro atoms. The van der Waals surface area contributed by atoms with Crippen LogP contribution in [0.2, 0.25) is 0 Å². The molecule has 0 aliphatic rings. The van der Waals surface area contributed by atoms with Crippen molar-refractivity contribution in [2.24, 2.45) is 11.7 Å². The monoisotopic (exact) mass is 247 g/mol. The van der Waals surface area contributed by atoms with Crippen LogP contribution in [0, 0.1) is 11.3 Å². The minimum atomic E-state index is 0.138. The Balaban J connectivity index is 2.46. The van der Waals surface area contributed by atoms with Gasteiger partial charge in [-0.1, -0.05) is 32.0 Å². The topological polar surface area (TPSA) is 53.1 Å². The van der Waals surface area contributed by atoms with E-state index in [0.717, 1.165) is 24.6 Å². The first-order chi connectivity index (χ1) is 8.49. The maximum Gasteiger partial charge on any atom is 0.122 e. The molecule has 100 valence electrons. The Hall–Kier alpha value is -1.35. The number of hydrogen-bond acceptors (Lipinski definition) is 2. The van der Waals surface area contributed by atoms with Crippen molar-refractivity contribution >= 4 is 5.84 Å². The van der Waals surface area contributed by atoms with E-state index in [4.69, 9.17) is 11.1 Å². The van der Waals surface area contributed by atoms with Gasteiger partial charge in [0, 0.05) is 12.1 Å². The molecule has 0 heterocycles. The number of nitrogens with two attached hydrogens (primary N) is 1. The second-order valence-electron chi connectivity index (χ2n) is 5.39. The summed E-state index contributed by atoms with van der Waals surface area (Å²) in [7, 11) is 2.14. The molecule has 0 bridgehead atoms. The van der Waals surface area contributed by atoms with Gasteiger partial charge in [-0.2, -0.15) is 0 Å². The molecule has 0 amide bonds. The quantitative estimate of drug-likeness (QED) is 0.575. The summed E-state index contributed by atoms with van der Waals surface area (Å²) in [4.78, 5) is 2.32. The number of nitrogens with zero attached hydrogens (tertiary/aromatic N) is 1. The molecule has 0 aliphatic carbocycles. The number of rotatable bonds is 7. The first-order valence-corrected chi connectivity index (χ1v) is 6.61. The van der Waals surface area contributed by atoms with Crippen LogP contribution in [0.25, 0.3) is 0 Å². The zero-order valence-electron chi connectivity index (χ0n) is 11.7. The zero-order chi connectivity index (χ0) is 13.5. The molecule has 1 rings (SSSR count). The molecule has 0 aliphatic heterocycles. The maximum atomic E-state index is 7.44. The third-order valence-electron chi connectivity index (χ3n) is 3.01. The van der Waals surface area contributed by atoms with Crippen molar-refractivity contribution in [3.05, 3.63) is 35.4 Å². The van der Waals surface area contributed by atoms with E-state index in [1.807, 2.05) is 18.2 Å². The highest BCUT2D eigenvalue weighted by Crippen LogP contribution is 2.09. The Labute approximate surface area is 111 Å². The molecular weight excluding hydrogens is 222 g/mol. The summed E-state index contributed by atoms with van der Waals surface area (Å²) >= 11 is 0. The van der Waals surface area contributed by atoms with Crippen LogP contribution in [0.1, 0.15) is 37.8 Å². The third-order valence-corrected chi connectivity index (χ3v) is 3.01. The molecule has 3 N–H and O–H groups in total. The number of hydrogen-bond donors (Lipinski definition) is 2.